The van der Waals surface area contributed by atoms with E-state index in [1.54, 1.807) is 0 Å². The third-order valence-corrected chi connectivity index (χ3v) is 2.92. The molecule has 0 amide bonds. The SMILES string of the molecule is CCNC(CCN(CC)CC)C(C)C. The topological polar surface area (TPSA) is 15.3 Å². The molecule has 1 N–H and O–H groups in total. The molecular weight excluding hydrogens is 172 g/mol. The van der Waals surface area contributed by atoms with Gasteiger partial charge in [0.05, 0.1) is 0 Å². The number of hydrogen-bond donors (Lipinski definition) is 1. The van der Waals surface area contributed by atoms with Gasteiger partial charge in [0.1, 0.15) is 0 Å². The summed E-state index contributed by atoms with van der Waals surface area (Å²) in [6.07, 6.45) is 1.27. The Morgan fingerprint density at radius 2 is 1.64 bits per heavy atom. The van der Waals surface area contributed by atoms with E-state index in [-0.39, 0.29) is 0 Å². The molecule has 0 aromatic heterocycles. The van der Waals surface area contributed by atoms with Crippen molar-refractivity contribution in [3.63, 3.8) is 0 Å². The summed E-state index contributed by atoms with van der Waals surface area (Å²) in [5.41, 5.74) is 0. The Morgan fingerprint density at radius 1 is 1.07 bits per heavy atom. The van der Waals surface area contributed by atoms with Gasteiger partial charge in [0.2, 0.25) is 0 Å². The summed E-state index contributed by atoms with van der Waals surface area (Å²) in [6.45, 7) is 15.9. The second-order valence-electron chi connectivity index (χ2n) is 4.22. The van der Waals surface area contributed by atoms with Gasteiger partial charge in [-0.15, -0.1) is 0 Å². The summed E-state index contributed by atoms with van der Waals surface area (Å²) in [4.78, 5) is 2.49. The molecule has 0 radical (unpaired) electrons. The third kappa shape index (κ3) is 5.61. The molecule has 0 aliphatic carbocycles. The zero-order chi connectivity index (χ0) is 11.0. The third-order valence-electron chi connectivity index (χ3n) is 2.92. The normalized spacial score (nSPS) is 13.9. The molecule has 86 valence electrons. The molecule has 0 aromatic carbocycles. The first kappa shape index (κ1) is 13.9. The molecule has 0 rings (SSSR count). The molecule has 2 heteroatoms. The lowest BCUT2D eigenvalue weighted by Crippen LogP contribution is -2.37. The quantitative estimate of drug-likeness (QED) is 0.647. The van der Waals surface area contributed by atoms with Gasteiger partial charge in [0.15, 0.2) is 0 Å². The van der Waals surface area contributed by atoms with Crippen LogP contribution in [-0.4, -0.2) is 37.1 Å². The van der Waals surface area contributed by atoms with E-state index in [2.05, 4.69) is 44.8 Å². The molecule has 0 aliphatic heterocycles. The highest BCUT2D eigenvalue weighted by Crippen LogP contribution is 2.06. The molecule has 0 saturated carbocycles. The van der Waals surface area contributed by atoms with E-state index in [0.717, 1.165) is 12.5 Å². The van der Waals surface area contributed by atoms with Crippen LogP contribution in [0.15, 0.2) is 0 Å². The van der Waals surface area contributed by atoms with Gasteiger partial charge in [-0.05, 0) is 38.5 Å². The molecule has 0 fully saturated rings. The molecule has 0 heterocycles. The van der Waals surface area contributed by atoms with E-state index < -0.39 is 0 Å². The second kappa shape index (κ2) is 8.25. The minimum absolute atomic E-state index is 0.681. The van der Waals surface area contributed by atoms with Crippen LogP contribution in [0.5, 0.6) is 0 Å². The Kier molecular flexibility index (Phi) is 8.20. The van der Waals surface area contributed by atoms with Crippen LogP contribution in [0.2, 0.25) is 0 Å². The minimum atomic E-state index is 0.681. The standard InChI is InChI=1S/C12H28N2/c1-6-13-12(11(4)5)9-10-14(7-2)8-3/h11-13H,6-10H2,1-5H3. The van der Waals surface area contributed by atoms with E-state index in [4.69, 9.17) is 0 Å². The Balaban J connectivity index is 3.79. The van der Waals surface area contributed by atoms with Crippen molar-refractivity contribution in [3.05, 3.63) is 0 Å². The highest BCUT2D eigenvalue weighted by molar-refractivity contribution is 4.71. The number of nitrogens with one attached hydrogen (secondary N) is 1. The van der Waals surface area contributed by atoms with Crippen LogP contribution < -0.4 is 5.32 Å². The first-order valence-corrected chi connectivity index (χ1v) is 6.11. The van der Waals surface area contributed by atoms with Crippen LogP contribution in [0.4, 0.5) is 0 Å². The Labute approximate surface area is 90.1 Å². The Hall–Kier alpha value is -0.0800. The largest absolute Gasteiger partial charge is 0.314 e. The van der Waals surface area contributed by atoms with Crippen molar-refractivity contribution in [1.82, 2.24) is 10.2 Å². The zero-order valence-corrected chi connectivity index (χ0v) is 10.6. The highest BCUT2D eigenvalue weighted by atomic mass is 15.1. The van der Waals surface area contributed by atoms with Crippen LogP contribution in [0.25, 0.3) is 0 Å². The summed E-state index contributed by atoms with van der Waals surface area (Å²) < 4.78 is 0. The summed E-state index contributed by atoms with van der Waals surface area (Å²) in [7, 11) is 0. The zero-order valence-electron chi connectivity index (χ0n) is 10.6. The highest BCUT2D eigenvalue weighted by Gasteiger charge is 2.12. The fourth-order valence-corrected chi connectivity index (χ4v) is 1.79. The number of nitrogens with zero attached hydrogens (tertiary/aromatic N) is 1. The fourth-order valence-electron chi connectivity index (χ4n) is 1.79. The maximum atomic E-state index is 3.56. The van der Waals surface area contributed by atoms with Gasteiger partial charge in [0, 0.05) is 6.04 Å². The maximum Gasteiger partial charge on any atom is 0.0102 e. The summed E-state index contributed by atoms with van der Waals surface area (Å²) in [6, 6.07) is 0.681. The maximum absolute atomic E-state index is 3.56. The summed E-state index contributed by atoms with van der Waals surface area (Å²) in [5, 5.41) is 3.56. The first-order chi connectivity index (χ1) is 6.65. The van der Waals surface area contributed by atoms with Crippen LogP contribution in [0, 0.1) is 5.92 Å². The van der Waals surface area contributed by atoms with Crippen molar-refractivity contribution < 1.29 is 0 Å². The summed E-state index contributed by atoms with van der Waals surface area (Å²) >= 11 is 0. The average molecular weight is 200 g/mol. The van der Waals surface area contributed by atoms with Gasteiger partial charge in [-0.3, -0.25) is 0 Å². The van der Waals surface area contributed by atoms with Gasteiger partial charge >= 0.3 is 0 Å². The van der Waals surface area contributed by atoms with Crippen LogP contribution in [-0.2, 0) is 0 Å². The molecule has 1 atom stereocenters. The van der Waals surface area contributed by atoms with Crippen molar-refractivity contribution >= 4 is 0 Å². The van der Waals surface area contributed by atoms with Crippen LogP contribution in [0.3, 0.4) is 0 Å². The fraction of sp³-hybridized carbons (Fsp3) is 1.00. The lowest BCUT2D eigenvalue weighted by Gasteiger charge is -2.25. The van der Waals surface area contributed by atoms with Gasteiger partial charge < -0.3 is 10.2 Å². The Bertz CT molecular complexity index is 119. The number of rotatable bonds is 8. The smallest absolute Gasteiger partial charge is 0.0102 e. The molecule has 0 aromatic rings. The first-order valence-electron chi connectivity index (χ1n) is 6.11. The molecule has 1 unspecified atom stereocenters. The van der Waals surface area contributed by atoms with E-state index in [1.807, 2.05) is 0 Å². The van der Waals surface area contributed by atoms with Crippen molar-refractivity contribution in [2.75, 3.05) is 26.2 Å². The van der Waals surface area contributed by atoms with E-state index >= 15 is 0 Å². The van der Waals surface area contributed by atoms with Gasteiger partial charge in [0.25, 0.3) is 0 Å². The van der Waals surface area contributed by atoms with Gasteiger partial charge in [-0.25, -0.2) is 0 Å². The molecule has 2 nitrogen and oxygen atoms in total. The van der Waals surface area contributed by atoms with E-state index in [0.29, 0.717) is 6.04 Å². The van der Waals surface area contributed by atoms with Gasteiger partial charge in [-0.2, -0.15) is 0 Å². The van der Waals surface area contributed by atoms with Crippen LogP contribution >= 0.6 is 0 Å². The number of hydrogen-bond acceptors (Lipinski definition) is 2. The van der Waals surface area contributed by atoms with E-state index in [9.17, 15) is 0 Å². The van der Waals surface area contributed by atoms with Crippen LogP contribution in [0.1, 0.15) is 41.0 Å². The molecule has 0 spiro atoms. The van der Waals surface area contributed by atoms with Crippen molar-refractivity contribution in [1.29, 1.82) is 0 Å². The van der Waals surface area contributed by atoms with Crippen molar-refractivity contribution in [2.45, 2.75) is 47.1 Å². The van der Waals surface area contributed by atoms with Crippen molar-refractivity contribution in [3.8, 4) is 0 Å². The van der Waals surface area contributed by atoms with Gasteiger partial charge in [-0.1, -0.05) is 34.6 Å². The molecule has 0 saturated heterocycles. The predicted octanol–water partition coefficient (Wildman–Crippen LogP) is 2.35. The van der Waals surface area contributed by atoms with E-state index in [1.165, 1.54) is 26.1 Å². The summed E-state index contributed by atoms with van der Waals surface area (Å²) in [5.74, 6) is 0.741. The molecular formula is C12H28N2. The monoisotopic (exact) mass is 200 g/mol. The predicted molar refractivity (Wildman–Crippen MR) is 64.7 cm³/mol. The average Bonchev–Trinajstić information content (AvgIpc) is 2.17. The molecule has 14 heavy (non-hydrogen) atoms. The molecule has 0 aliphatic rings. The lowest BCUT2D eigenvalue weighted by atomic mass is 10.0. The van der Waals surface area contributed by atoms with Crippen molar-refractivity contribution in [2.24, 2.45) is 5.92 Å². The minimum Gasteiger partial charge on any atom is -0.314 e. The molecule has 0 bridgehead atoms. The lowest BCUT2D eigenvalue weighted by molar-refractivity contribution is 0.264. The Morgan fingerprint density at radius 3 is 2.00 bits per heavy atom. The second-order valence-corrected chi connectivity index (χ2v) is 4.22.